The van der Waals surface area contributed by atoms with Crippen LogP contribution in [-0.2, 0) is 4.79 Å². The third-order valence-corrected chi connectivity index (χ3v) is 6.61. The van der Waals surface area contributed by atoms with Crippen molar-refractivity contribution < 1.29 is 14.3 Å². The molecular formula is C23H26N2O3S. The van der Waals surface area contributed by atoms with Gasteiger partial charge in [-0.3, -0.25) is 14.5 Å². The maximum atomic E-state index is 12.8. The average molecular weight is 411 g/mol. The number of aryl methyl sites for hydroxylation is 1. The minimum atomic E-state index is -0.234. The fourth-order valence-corrected chi connectivity index (χ4v) is 5.13. The minimum absolute atomic E-state index is 0.234. The van der Waals surface area contributed by atoms with Crippen molar-refractivity contribution in [3.8, 4) is 5.75 Å². The van der Waals surface area contributed by atoms with E-state index in [9.17, 15) is 9.59 Å². The third kappa shape index (κ3) is 4.13. The van der Waals surface area contributed by atoms with Crippen LogP contribution in [-0.4, -0.2) is 33.8 Å². The number of benzene rings is 1. The van der Waals surface area contributed by atoms with Gasteiger partial charge in [0.15, 0.2) is 0 Å². The molecule has 0 radical (unpaired) electrons. The minimum Gasteiger partial charge on any atom is -0.492 e. The number of imide groups is 1. The zero-order valence-electron chi connectivity index (χ0n) is 16.9. The smallest absolute Gasteiger partial charge is 0.293 e. The lowest BCUT2D eigenvalue weighted by molar-refractivity contribution is -0.123. The first-order valence-corrected chi connectivity index (χ1v) is 11.0. The van der Waals surface area contributed by atoms with E-state index in [0.29, 0.717) is 10.9 Å². The number of carbonyl (C=O) groups is 2. The molecule has 0 bridgehead atoms. The Hall–Kier alpha value is -2.47. The van der Waals surface area contributed by atoms with Crippen LogP contribution in [0.4, 0.5) is 4.79 Å². The first kappa shape index (κ1) is 19.8. The molecule has 0 atom stereocenters. The Morgan fingerprint density at radius 3 is 2.59 bits per heavy atom. The maximum Gasteiger partial charge on any atom is 0.293 e. The summed E-state index contributed by atoms with van der Waals surface area (Å²) in [5.74, 6) is 0.497. The predicted octanol–water partition coefficient (Wildman–Crippen LogP) is 5.34. The number of thioether (sulfide) groups is 1. The van der Waals surface area contributed by atoms with Crippen molar-refractivity contribution >= 4 is 29.0 Å². The van der Waals surface area contributed by atoms with Crippen molar-refractivity contribution in [2.45, 2.75) is 45.6 Å². The second-order valence-corrected chi connectivity index (χ2v) is 8.62. The van der Waals surface area contributed by atoms with Gasteiger partial charge in [0.05, 0.1) is 11.4 Å². The molecule has 1 saturated carbocycles. The molecule has 1 saturated heterocycles. The Bertz CT molecular complexity index is 943. The highest BCUT2D eigenvalue weighted by molar-refractivity contribution is 8.18. The van der Waals surface area contributed by atoms with E-state index in [1.165, 1.54) is 42.0 Å². The van der Waals surface area contributed by atoms with Gasteiger partial charge < -0.3 is 9.30 Å². The zero-order valence-corrected chi connectivity index (χ0v) is 17.7. The number of para-hydroxylation sites is 1. The number of amides is 2. The fraction of sp³-hybridized carbons (Fsp3) is 0.391. The van der Waals surface area contributed by atoms with Crippen LogP contribution in [0, 0.1) is 13.8 Å². The number of nitrogens with zero attached hydrogens (tertiary/aromatic N) is 2. The van der Waals surface area contributed by atoms with Crippen molar-refractivity contribution in [2.24, 2.45) is 0 Å². The highest BCUT2D eigenvalue weighted by Crippen LogP contribution is 2.36. The summed E-state index contributed by atoms with van der Waals surface area (Å²) in [4.78, 5) is 26.9. The summed E-state index contributed by atoms with van der Waals surface area (Å²) in [6.45, 7) is 4.76. The summed E-state index contributed by atoms with van der Waals surface area (Å²) >= 11 is 1.01. The number of carbonyl (C=O) groups excluding carboxylic acids is 2. The van der Waals surface area contributed by atoms with Crippen molar-refractivity contribution in [1.82, 2.24) is 9.47 Å². The maximum absolute atomic E-state index is 12.8. The van der Waals surface area contributed by atoms with Gasteiger partial charge in [-0.15, -0.1) is 0 Å². The number of hydrogen-bond donors (Lipinski definition) is 0. The molecule has 4 rings (SSSR count). The zero-order chi connectivity index (χ0) is 20.4. The molecular weight excluding hydrogens is 384 g/mol. The molecule has 1 aliphatic carbocycles. The third-order valence-electron chi connectivity index (χ3n) is 5.70. The molecule has 2 fully saturated rings. The van der Waals surface area contributed by atoms with Crippen LogP contribution < -0.4 is 4.74 Å². The Morgan fingerprint density at radius 1 is 1.14 bits per heavy atom. The molecule has 0 unspecified atom stereocenters. The van der Waals surface area contributed by atoms with Crippen LogP contribution >= 0.6 is 11.8 Å². The predicted molar refractivity (Wildman–Crippen MR) is 116 cm³/mol. The largest absolute Gasteiger partial charge is 0.492 e. The van der Waals surface area contributed by atoms with E-state index < -0.39 is 0 Å². The molecule has 5 nitrogen and oxygen atoms in total. The Labute approximate surface area is 175 Å². The molecule has 2 aromatic rings. The molecule has 1 aromatic carbocycles. The number of aromatic nitrogens is 1. The first-order valence-electron chi connectivity index (χ1n) is 10.2. The Balaban J connectivity index is 1.45. The quantitative estimate of drug-likeness (QED) is 0.604. The molecule has 0 N–H and O–H groups in total. The van der Waals surface area contributed by atoms with E-state index in [0.717, 1.165) is 23.1 Å². The van der Waals surface area contributed by atoms with Crippen molar-refractivity contribution in [1.29, 1.82) is 0 Å². The van der Waals surface area contributed by atoms with Gasteiger partial charge in [0.1, 0.15) is 12.4 Å². The van der Waals surface area contributed by atoms with E-state index in [1.54, 1.807) is 0 Å². The van der Waals surface area contributed by atoms with Crippen LogP contribution in [0.5, 0.6) is 5.75 Å². The monoisotopic (exact) mass is 410 g/mol. The topological polar surface area (TPSA) is 51.5 Å². The molecule has 2 amide bonds. The molecule has 29 heavy (non-hydrogen) atoms. The van der Waals surface area contributed by atoms with Crippen LogP contribution in [0.15, 0.2) is 41.3 Å². The highest BCUT2D eigenvalue weighted by Gasteiger charge is 2.35. The second-order valence-electron chi connectivity index (χ2n) is 7.63. The van der Waals surface area contributed by atoms with Gasteiger partial charge in [0, 0.05) is 17.4 Å². The van der Waals surface area contributed by atoms with Gasteiger partial charge in [-0.25, -0.2) is 0 Å². The van der Waals surface area contributed by atoms with Crippen LogP contribution in [0.2, 0.25) is 0 Å². The lowest BCUT2D eigenvalue weighted by Gasteiger charge is -2.17. The molecule has 152 valence electrons. The number of rotatable bonds is 6. The molecule has 1 aliphatic heterocycles. The van der Waals surface area contributed by atoms with Gasteiger partial charge in [0.25, 0.3) is 11.1 Å². The summed E-state index contributed by atoms with van der Waals surface area (Å²) in [5, 5.41) is -0.234. The molecule has 1 aromatic heterocycles. The highest BCUT2D eigenvalue weighted by atomic mass is 32.2. The SMILES string of the molecule is Cc1cc(/C=C2\SC(=O)N(CCOc3ccccc3)C2=O)c(C)n1C1CCCC1. The normalized spacial score (nSPS) is 19.0. The number of hydrogen-bond acceptors (Lipinski definition) is 4. The van der Waals surface area contributed by atoms with Gasteiger partial charge >= 0.3 is 0 Å². The van der Waals surface area contributed by atoms with E-state index >= 15 is 0 Å². The van der Waals surface area contributed by atoms with Crippen LogP contribution in [0.3, 0.4) is 0 Å². The lowest BCUT2D eigenvalue weighted by Crippen LogP contribution is -2.32. The Morgan fingerprint density at radius 2 is 1.86 bits per heavy atom. The summed E-state index contributed by atoms with van der Waals surface area (Å²) in [5.41, 5.74) is 3.42. The lowest BCUT2D eigenvalue weighted by atomic mass is 10.2. The number of ether oxygens (including phenoxy) is 1. The summed E-state index contributed by atoms with van der Waals surface area (Å²) < 4.78 is 8.03. The van der Waals surface area contributed by atoms with Gasteiger partial charge in [-0.1, -0.05) is 31.0 Å². The standard InChI is InChI=1S/C23H26N2O3S/c1-16-14-18(17(2)25(16)19-8-6-7-9-19)15-21-22(26)24(23(27)29-21)12-13-28-20-10-4-3-5-11-20/h3-5,10-11,14-15,19H,6-9,12-13H2,1-2H3/b21-15-. The van der Waals surface area contributed by atoms with Gasteiger partial charge in [0.2, 0.25) is 0 Å². The summed E-state index contributed by atoms with van der Waals surface area (Å²) in [7, 11) is 0. The Kier molecular flexibility index (Phi) is 5.81. The first-order chi connectivity index (χ1) is 14.0. The van der Waals surface area contributed by atoms with E-state index in [-0.39, 0.29) is 24.3 Å². The molecule has 2 aliphatic rings. The molecule has 2 heterocycles. The second kappa shape index (κ2) is 8.49. The van der Waals surface area contributed by atoms with Crippen molar-refractivity contribution in [3.63, 3.8) is 0 Å². The van der Waals surface area contributed by atoms with Gasteiger partial charge in [-0.2, -0.15) is 0 Å². The fourth-order valence-electron chi connectivity index (χ4n) is 4.28. The van der Waals surface area contributed by atoms with Crippen molar-refractivity contribution in [3.05, 3.63) is 58.3 Å². The van der Waals surface area contributed by atoms with Gasteiger partial charge in [-0.05, 0) is 68.3 Å². The van der Waals surface area contributed by atoms with E-state index in [1.807, 2.05) is 36.4 Å². The average Bonchev–Trinajstić information content (AvgIpc) is 3.39. The molecule has 6 heteroatoms. The van der Waals surface area contributed by atoms with Crippen LogP contribution in [0.1, 0.15) is 48.7 Å². The van der Waals surface area contributed by atoms with E-state index in [4.69, 9.17) is 4.74 Å². The van der Waals surface area contributed by atoms with E-state index in [2.05, 4.69) is 24.5 Å². The summed E-state index contributed by atoms with van der Waals surface area (Å²) in [6, 6.07) is 12.1. The summed E-state index contributed by atoms with van der Waals surface area (Å²) in [6.07, 6.45) is 6.86. The van der Waals surface area contributed by atoms with Crippen molar-refractivity contribution in [2.75, 3.05) is 13.2 Å². The van der Waals surface area contributed by atoms with Crippen LogP contribution in [0.25, 0.3) is 6.08 Å². The molecule has 0 spiro atoms.